The molecule has 0 saturated carbocycles. The molecule has 0 fully saturated rings. The van der Waals surface area contributed by atoms with Gasteiger partial charge in [0.15, 0.2) is 0 Å². The molecule has 0 saturated heterocycles. The van der Waals surface area contributed by atoms with Crippen molar-refractivity contribution in [3.8, 4) is 0 Å². The predicted octanol–water partition coefficient (Wildman–Crippen LogP) is 3.10. The lowest BCUT2D eigenvalue weighted by atomic mass is 9.87. The normalized spacial score (nSPS) is 11.6. The molecular formula is C12H20O2. The summed E-state index contributed by atoms with van der Waals surface area (Å²) in [6.07, 6.45) is 5.70. The molecule has 0 aromatic rings. The molecule has 0 atom stereocenters. The van der Waals surface area contributed by atoms with E-state index in [1.54, 1.807) is 0 Å². The van der Waals surface area contributed by atoms with Gasteiger partial charge < -0.3 is 4.74 Å². The summed E-state index contributed by atoms with van der Waals surface area (Å²) in [6.45, 7) is 11.4. The number of carbonyl (C=O) groups excluding carboxylic acids is 1. The van der Waals surface area contributed by atoms with Crippen LogP contribution >= 0.6 is 0 Å². The second-order valence-corrected chi connectivity index (χ2v) is 4.59. The van der Waals surface area contributed by atoms with E-state index in [2.05, 4.69) is 32.1 Å². The average molecular weight is 196 g/mol. The number of hydrogen-bond donors (Lipinski definition) is 0. The summed E-state index contributed by atoms with van der Waals surface area (Å²) in [5, 5.41) is 0. The molecule has 0 aliphatic heterocycles. The first-order valence-electron chi connectivity index (χ1n) is 4.82. The van der Waals surface area contributed by atoms with Gasteiger partial charge in [-0.05, 0) is 18.3 Å². The Labute approximate surface area is 86.6 Å². The van der Waals surface area contributed by atoms with Gasteiger partial charge in [0.25, 0.3) is 6.47 Å². The molecule has 0 N–H and O–H groups in total. The number of rotatable bonds is 6. The zero-order valence-corrected chi connectivity index (χ0v) is 9.38. The van der Waals surface area contributed by atoms with Crippen molar-refractivity contribution in [2.45, 2.75) is 33.6 Å². The summed E-state index contributed by atoms with van der Waals surface area (Å²) >= 11 is 0. The SMILES string of the molecule is C=C(C/C=C/COC=O)CC(C)(C)C. The maximum atomic E-state index is 9.82. The van der Waals surface area contributed by atoms with E-state index in [1.807, 2.05) is 12.2 Å². The topological polar surface area (TPSA) is 26.3 Å². The standard InChI is InChI=1S/C12H20O2/c1-11(9-12(2,3)4)7-5-6-8-14-10-13/h5-6,10H,1,7-9H2,2-4H3/b6-5+. The largest absolute Gasteiger partial charge is 0.464 e. The van der Waals surface area contributed by atoms with E-state index in [0.29, 0.717) is 18.5 Å². The van der Waals surface area contributed by atoms with Crippen molar-refractivity contribution in [1.82, 2.24) is 0 Å². The van der Waals surface area contributed by atoms with Gasteiger partial charge in [0.05, 0.1) is 0 Å². The summed E-state index contributed by atoms with van der Waals surface area (Å²) in [4.78, 5) is 9.82. The van der Waals surface area contributed by atoms with E-state index in [-0.39, 0.29) is 0 Å². The second kappa shape index (κ2) is 6.41. The first-order chi connectivity index (χ1) is 6.45. The summed E-state index contributed by atoms with van der Waals surface area (Å²) in [5.41, 5.74) is 1.50. The van der Waals surface area contributed by atoms with Gasteiger partial charge >= 0.3 is 0 Å². The third-order valence-corrected chi connectivity index (χ3v) is 1.61. The maximum Gasteiger partial charge on any atom is 0.293 e. The number of allylic oxidation sites excluding steroid dienone is 2. The molecule has 80 valence electrons. The smallest absolute Gasteiger partial charge is 0.293 e. The highest BCUT2D eigenvalue weighted by molar-refractivity contribution is 5.37. The van der Waals surface area contributed by atoms with E-state index >= 15 is 0 Å². The fraction of sp³-hybridized carbons (Fsp3) is 0.583. The van der Waals surface area contributed by atoms with E-state index in [4.69, 9.17) is 0 Å². The maximum absolute atomic E-state index is 9.82. The van der Waals surface area contributed by atoms with Gasteiger partial charge in [0.1, 0.15) is 6.61 Å². The quantitative estimate of drug-likeness (QED) is 0.370. The number of hydrogen-bond acceptors (Lipinski definition) is 2. The lowest BCUT2D eigenvalue weighted by Crippen LogP contribution is -2.05. The Morgan fingerprint density at radius 1 is 1.36 bits per heavy atom. The average Bonchev–Trinajstić information content (AvgIpc) is 2.00. The highest BCUT2D eigenvalue weighted by Gasteiger charge is 2.10. The predicted molar refractivity (Wildman–Crippen MR) is 59.0 cm³/mol. The van der Waals surface area contributed by atoms with Crippen LogP contribution in [0.25, 0.3) is 0 Å². The van der Waals surface area contributed by atoms with Crippen molar-refractivity contribution >= 4 is 6.47 Å². The Hall–Kier alpha value is -1.05. The summed E-state index contributed by atoms with van der Waals surface area (Å²) < 4.78 is 4.52. The molecule has 0 aliphatic carbocycles. The van der Waals surface area contributed by atoms with Gasteiger partial charge in [0.2, 0.25) is 0 Å². The molecule has 0 aliphatic rings. The molecule has 0 rings (SSSR count). The van der Waals surface area contributed by atoms with Crippen LogP contribution in [0.5, 0.6) is 0 Å². The van der Waals surface area contributed by atoms with Crippen molar-refractivity contribution < 1.29 is 9.53 Å². The first-order valence-corrected chi connectivity index (χ1v) is 4.82. The minimum atomic E-state index is 0.296. The van der Waals surface area contributed by atoms with Gasteiger partial charge in [-0.2, -0.15) is 0 Å². The van der Waals surface area contributed by atoms with Crippen molar-refractivity contribution in [3.05, 3.63) is 24.3 Å². The summed E-state index contributed by atoms with van der Waals surface area (Å²) in [7, 11) is 0. The highest BCUT2D eigenvalue weighted by atomic mass is 16.5. The van der Waals surface area contributed by atoms with Crippen LogP contribution in [-0.4, -0.2) is 13.1 Å². The Morgan fingerprint density at radius 2 is 2.00 bits per heavy atom. The van der Waals surface area contributed by atoms with Crippen LogP contribution in [0.2, 0.25) is 0 Å². The number of ether oxygens (including phenoxy) is 1. The molecule has 0 spiro atoms. The highest BCUT2D eigenvalue weighted by Crippen LogP contribution is 2.24. The van der Waals surface area contributed by atoms with Crippen LogP contribution in [0.4, 0.5) is 0 Å². The van der Waals surface area contributed by atoms with Gasteiger partial charge in [-0.25, -0.2) is 0 Å². The van der Waals surface area contributed by atoms with Crippen LogP contribution in [0.3, 0.4) is 0 Å². The Bertz CT molecular complexity index is 209. The lowest BCUT2D eigenvalue weighted by Gasteiger charge is -2.18. The minimum absolute atomic E-state index is 0.296. The van der Waals surface area contributed by atoms with Crippen LogP contribution in [0, 0.1) is 5.41 Å². The van der Waals surface area contributed by atoms with Crippen LogP contribution in [0.1, 0.15) is 33.6 Å². The van der Waals surface area contributed by atoms with Crippen LogP contribution in [0.15, 0.2) is 24.3 Å². The lowest BCUT2D eigenvalue weighted by molar-refractivity contribution is -0.127. The van der Waals surface area contributed by atoms with E-state index in [1.165, 1.54) is 5.57 Å². The molecule has 14 heavy (non-hydrogen) atoms. The molecule has 2 heteroatoms. The van der Waals surface area contributed by atoms with Gasteiger partial charge in [-0.1, -0.05) is 45.1 Å². The van der Waals surface area contributed by atoms with E-state index < -0.39 is 0 Å². The third-order valence-electron chi connectivity index (χ3n) is 1.61. The molecular weight excluding hydrogens is 176 g/mol. The fourth-order valence-electron chi connectivity index (χ4n) is 1.24. The zero-order valence-electron chi connectivity index (χ0n) is 9.38. The van der Waals surface area contributed by atoms with Crippen LogP contribution < -0.4 is 0 Å². The number of carbonyl (C=O) groups is 1. The Morgan fingerprint density at radius 3 is 2.50 bits per heavy atom. The summed E-state index contributed by atoms with van der Waals surface area (Å²) in [6, 6.07) is 0. The molecule has 0 bridgehead atoms. The molecule has 0 unspecified atom stereocenters. The van der Waals surface area contributed by atoms with Crippen molar-refractivity contribution in [2.75, 3.05) is 6.61 Å². The Kier molecular flexibility index (Phi) is 5.93. The molecule has 2 nitrogen and oxygen atoms in total. The zero-order chi connectivity index (χ0) is 11.0. The fourth-order valence-corrected chi connectivity index (χ4v) is 1.24. The van der Waals surface area contributed by atoms with E-state index in [0.717, 1.165) is 12.8 Å². The molecule has 0 aromatic carbocycles. The third kappa shape index (κ3) is 9.04. The van der Waals surface area contributed by atoms with Crippen molar-refractivity contribution in [1.29, 1.82) is 0 Å². The molecule has 0 aromatic heterocycles. The Balaban J connectivity index is 3.63. The van der Waals surface area contributed by atoms with E-state index in [9.17, 15) is 4.79 Å². The van der Waals surface area contributed by atoms with Crippen LogP contribution in [-0.2, 0) is 9.53 Å². The van der Waals surface area contributed by atoms with Gasteiger partial charge in [0, 0.05) is 0 Å². The monoisotopic (exact) mass is 196 g/mol. The van der Waals surface area contributed by atoms with Gasteiger partial charge in [-0.3, -0.25) is 4.79 Å². The first kappa shape index (κ1) is 12.9. The molecule has 0 heterocycles. The van der Waals surface area contributed by atoms with Crippen molar-refractivity contribution in [2.24, 2.45) is 5.41 Å². The van der Waals surface area contributed by atoms with Gasteiger partial charge in [-0.15, -0.1) is 0 Å². The van der Waals surface area contributed by atoms with Crippen molar-refractivity contribution in [3.63, 3.8) is 0 Å². The molecule has 0 amide bonds. The minimum Gasteiger partial charge on any atom is -0.464 e. The summed E-state index contributed by atoms with van der Waals surface area (Å²) in [5.74, 6) is 0. The molecule has 0 radical (unpaired) electrons. The second-order valence-electron chi connectivity index (χ2n) is 4.59.